The number of benzene rings is 2. The van der Waals surface area contributed by atoms with Crippen molar-refractivity contribution in [1.29, 1.82) is 0 Å². The van der Waals surface area contributed by atoms with Gasteiger partial charge in [-0.05, 0) is 6.92 Å². The SMILES string of the molecule is CC(=O)C1(O)Cc2c(O)c3c(c(O)c2C(NCCO)C1)C(=O)c1ccccc1C3=O. The Bertz CT molecular complexity index is 1110. The first kappa shape index (κ1) is 20.2. The van der Waals surface area contributed by atoms with Gasteiger partial charge in [0, 0.05) is 47.7 Å². The molecule has 2 aromatic rings. The molecule has 0 aromatic heterocycles. The van der Waals surface area contributed by atoms with Crippen LogP contribution in [-0.4, -0.2) is 56.5 Å². The lowest BCUT2D eigenvalue weighted by molar-refractivity contribution is -0.137. The third-order valence-corrected chi connectivity index (χ3v) is 5.98. The van der Waals surface area contributed by atoms with E-state index in [0.717, 1.165) is 0 Å². The second-order valence-corrected chi connectivity index (χ2v) is 7.74. The number of carbonyl (C=O) groups is 3. The number of hydrogen-bond acceptors (Lipinski definition) is 8. The van der Waals surface area contributed by atoms with Crippen molar-refractivity contribution in [3.8, 4) is 11.5 Å². The van der Waals surface area contributed by atoms with Crippen molar-refractivity contribution in [3.63, 3.8) is 0 Å². The van der Waals surface area contributed by atoms with Crippen molar-refractivity contribution in [2.45, 2.75) is 31.4 Å². The van der Waals surface area contributed by atoms with Gasteiger partial charge in [0.1, 0.15) is 17.1 Å². The minimum atomic E-state index is -1.84. The van der Waals surface area contributed by atoms with Gasteiger partial charge in [0.05, 0.1) is 17.7 Å². The van der Waals surface area contributed by atoms with Gasteiger partial charge < -0.3 is 25.7 Å². The number of aliphatic hydroxyl groups excluding tert-OH is 1. The lowest BCUT2D eigenvalue weighted by Gasteiger charge is -2.39. The minimum absolute atomic E-state index is 0.0335. The Balaban J connectivity index is 2.00. The molecule has 156 valence electrons. The van der Waals surface area contributed by atoms with Gasteiger partial charge in [0.15, 0.2) is 17.3 Å². The molecule has 2 unspecified atom stereocenters. The molecule has 4 rings (SSSR count). The predicted octanol–water partition coefficient (Wildman–Crippen LogP) is 0.763. The smallest absolute Gasteiger partial charge is 0.198 e. The standard InChI is InChI=1S/C22H21NO7/c1-10(25)22(30)8-13-15(14(9-22)23-6-7-24)21(29)17-16(20(13)28)18(26)11-4-2-3-5-12(11)19(17)27/h2-5,14,23-24,28-30H,6-9H2,1H3. The fourth-order valence-electron chi connectivity index (χ4n) is 4.42. The summed E-state index contributed by atoms with van der Waals surface area (Å²) in [4.78, 5) is 38.3. The summed E-state index contributed by atoms with van der Waals surface area (Å²) in [6, 6.07) is 5.30. The number of aromatic hydroxyl groups is 2. The Morgan fingerprint density at radius 3 is 2.20 bits per heavy atom. The average molecular weight is 411 g/mol. The molecule has 0 saturated carbocycles. The van der Waals surface area contributed by atoms with E-state index >= 15 is 0 Å². The van der Waals surface area contributed by atoms with Crippen LogP contribution in [0.25, 0.3) is 0 Å². The quantitative estimate of drug-likeness (QED) is 0.396. The summed E-state index contributed by atoms with van der Waals surface area (Å²) < 4.78 is 0. The second kappa shape index (κ2) is 7.02. The molecule has 5 N–H and O–H groups in total. The maximum Gasteiger partial charge on any atom is 0.198 e. The monoisotopic (exact) mass is 411 g/mol. The van der Waals surface area contributed by atoms with E-state index in [1.807, 2.05) is 0 Å². The Hall–Kier alpha value is -3.07. The molecule has 2 aliphatic rings. The molecule has 0 spiro atoms. The van der Waals surface area contributed by atoms with Crippen molar-refractivity contribution in [1.82, 2.24) is 5.32 Å². The Labute approximate surface area is 171 Å². The summed E-state index contributed by atoms with van der Waals surface area (Å²) in [6.45, 7) is 1.06. The van der Waals surface area contributed by atoms with Gasteiger partial charge in [-0.3, -0.25) is 14.4 Å². The molecular formula is C22H21NO7. The molecule has 8 nitrogen and oxygen atoms in total. The van der Waals surface area contributed by atoms with E-state index in [9.17, 15) is 34.8 Å². The molecule has 0 fully saturated rings. The molecule has 2 atom stereocenters. The normalized spacial score (nSPS) is 22.3. The molecule has 2 aromatic carbocycles. The largest absolute Gasteiger partial charge is 0.507 e. The maximum absolute atomic E-state index is 13.1. The summed E-state index contributed by atoms with van der Waals surface area (Å²) in [7, 11) is 0. The van der Waals surface area contributed by atoms with Crippen LogP contribution in [0.5, 0.6) is 11.5 Å². The summed E-state index contributed by atoms with van der Waals surface area (Å²) in [5, 5.41) is 45.0. The topological polar surface area (TPSA) is 144 Å². The Morgan fingerprint density at radius 2 is 1.67 bits per heavy atom. The Kier molecular flexibility index (Phi) is 4.73. The maximum atomic E-state index is 13.1. The van der Waals surface area contributed by atoms with Crippen LogP contribution in [0.3, 0.4) is 0 Å². The van der Waals surface area contributed by atoms with Crippen molar-refractivity contribution in [3.05, 3.63) is 57.6 Å². The van der Waals surface area contributed by atoms with Crippen LogP contribution < -0.4 is 5.32 Å². The number of phenols is 2. The van der Waals surface area contributed by atoms with Gasteiger partial charge in [-0.15, -0.1) is 0 Å². The van der Waals surface area contributed by atoms with Crippen LogP contribution in [0, 0.1) is 0 Å². The van der Waals surface area contributed by atoms with Crippen molar-refractivity contribution < 1.29 is 34.8 Å². The molecular weight excluding hydrogens is 390 g/mol. The van der Waals surface area contributed by atoms with E-state index in [-0.39, 0.29) is 59.4 Å². The summed E-state index contributed by atoms with van der Waals surface area (Å²) in [5.41, 5.74) is -2.05. The number of rotatable bonds is 4. The van der Waals surface area contributed by atoms with Gasteiger partial charge in [0.2, 0.25) is 0 Å². The number of fused-ring (bicyclic) bond motifs is 3. The Morgan fingerprint density at radius 1 is 1.10 bits per heavy atom. The zero-order valence-electron chi connectivity index (χ0n) is 16.2. The van der Waals surface area contributed by atoms with Crippen molar-refractivity contribution in [2.24, 2.45) is 0 Å². The van der Waals surface area contributed by atoms with Gasteiger partial charge in [-0.25, -0.2) is 0 Å². The van der Waals surface area contributed by atoms with Gasteiger partial charge in [0.25, 0.3) is 0 Å². The number of nitrogens with one attached hydrogen (secondary N) is 1. The van der Waals surface area contributed by atoms with Gasteiger partial charge in [-0.2, -0.15) is 0 Å². The van der Waals surface area contributed by atoms with Crippen molar-refractivity contribution >= 4 is 17.3 Å². The van der Waals surface area contributed by atoms with Crippen LogP contribution in [0.15, 0.2) is 24.3 Å². The first-order chi connectivity index (χ1) is 14.2. The predicted molar refractivity (Wildman–Crippen MR) is 105 cm³/mol. The highest BCUT2D eigenvalue weighted by atomic mass is 16.3. The van der Waals surface area contributed by atoms with Crippen LogP contribution in [0.4, 0.5) is 0 Å². The number of Topliss-reactive ketones (excluding diaryl/α,β-unsaturated/α-hetero) is 1. The molecule has 0 radical (unpaired) electrons. The number of carbonyl (C=O) groups excluding carboxylic acids is 3. The number of phenolic OH excluding ortho intramolecular Hbond substituents is 2. The van der Waals surface area contributed by atoms with Crippen LogP contribution in [0.2, 0.25) is 0 Å². The molecule has 0 heterocycles. The van der Waals surface area contributed by atoms with Gasteiger partial charge in [-0.1, -0.05) is 24.3 Å². The average Bonchev–Trinajstić information content (AvgIpc) is 2.72. The lowest BCUT2D eigenvalue weighted by Crippen LogP contribution is -2.47. The zero-order chi connectivity index (χ0) is 21.8. The van der Waals surface area contributed by atoms with E-state index < -0.39 is 40.5 Å². The molecule has 0 aliphatic heterocycles. The van der Waals surface area contributed by atoms with E-state index in [0.29, 0.717) is 0 Å². The highest BCUT2D eigenvalue weighted by Gasteiger charge is 2.47. The molecule has 8 heteroatoms. The van der Waals surface area contributed by atoms with E-state index in [2.05, 4.69) is 5.32 Å². The van der Waals surface area contributed by atoms with E-state index in [1.54, 1.807) is 12.1 Å². The van der Waals surface area contributed by atoms with E-state index in [4.69, 9.17) is 0 Å². The summed E-state index contributed by atoms with van der Waals surface area (Å²) in [6.07, 6.45) is -0.440. The summed E-state index contributed by atoms with van der Waals surface area (Å²) >= 11 is 0. The summed E-state index contributed by atoms with van der Waals surface area (Å²) in [5.74, 6) is -2.74. The molecule has 0 bridgehead atoms. The molecule has 30 heavy (non-hydrogen) atoms. The third kappa shape index (κ3) is 2.76. The first-order valence-electron chi connectivity index (χ1n) is 9.58. The highest BCUT2D eigenvalue weighted by molar-refractivity contribution is 6.30. The zero-order valence-corrected chi connectivity index (χ0v) is 16.2. The number of ketones is 3. The number of aliphatic hydroxyl groups is 2. The van der Waals surface area contributed by atoms with Crippen LogP contribution in [-0.2, 0) is 11.2 Å². The van der Waals surface area contributed by atoms with Crippen LogP contribution >= 0.6 is 0 Å². The fourth-order valence-corrected chi connectivity index (χ4v) is 4.42. The third-order valence-electron chi connectivity index (χ3n) is 5.98. The first-order valence-corrected chi connectivity index (χ1v) is 9.58. The fraction of sp³-hybridized carbons (Fsp3) is 0.318. The number of hydrogen-bond donors (Lipinski definition) is 5. The minimum Gasteiger partial charge on any atom is -0.507 e. The molecule has 2 aliphatic carbocycles. The molecule has 0 saturated heterocycles. The van der Waals surface area contributed by atoms with E-state index in [1.165, 1.54) is 19.1 Å². The van der Waals surface area contributed by atoms with Crippen LogP contribution in [0.1, 0.15) is 62.4 Å². The highest BCUT2D eigenvalue weighted by Crippen LogP contribution is 2.50. The van der Waals surface area contributed by atoms with Crippen molar-refractivity contribution in [2.75, 3.05) is 13.2 Å². The second-order valence-electron chi connectivity index (χ2n) is 7.74. The lowest BCUT2D eigenvalue weighted by atomic mass is 9.71. The van der Waals surface area contributed by atoms with Gasteiger partial charge >= 0.3 is 0 Å². The molecule has 0 amide bonds.